The Hall–Kier alpha value is -1.57. The number of carbonyl (C=O) groups is 3. The summed E-state index contributed by atoms with van der Waals surface area (Å²) in [5, 5.41) is 22.4. The van der Waals surface area contributed by atoms with Crippen molar-refractivity contribution in [2.24, 2.45) is 5.73 Å². The Morgan fingerprint density at radius 2 is 1.71 bits per heavy atom. The third kappa shape index (κ3) is 2.81. The Morgan fingerprint density at radius 3 is 1.92 bits per heavy atom. The Labute approximate surface area is 134 Å². The van der Waals surface area contributed by atoms with Gasteiger partial charge in [0.2, 0.25) is 0 Å². The van der Waals surface area contributed by atoms with Gasteiger partial charge in [0.25, 0.3) is 5.24 Å². The van der Waals surface area contributed by atoms with Crippen molar-refractivity contribution in [3.8, 4) is 0 Å². The van der Waals surface area contributed by atoms with Crippen LogP contribution in [0.15, 0.2) is 0 Å². The van der Waals surface area contributed by atoms with E-state index in [9.17, 15) is 37.8 Å². The van der Waals surface area contributed by atoms with Crippen LogP contribution in [0.2, 0.25) is 0 Å². The highest BCUT2D eigenvalue weighted by Gasteiger charge is 2.80. The second-order valence-electron chi connectivity index (χ2n) is 5.33. The van der Waals surface area contributed by atoms with Crippen LogP contribution >= 0.6 is 8.58 Å². The van der Waals surface area contributed by atoms with Gasteiger partial charge in [-0.2, -0.15) is 13.2 Å². The topological polar surface area (TPSA) is 156 Å². The van der Waals surface area contributed by atoms with Crippen LogP contribution in [-0.4, -0.2) is 75.8 Å². The number of aliphatic carboxylic acids is 2. The highest BCUT2D eigenvalue weighted by Crippen LogP contribution is 2.93. The number of carboxylic acids is 2. The fraction of sp³-hybridized carbons (Fsp3) is 0.727. The highest BCUT2D eigenvalue weighted by molar-refractivity contribution is 8.71. The predicted octanol–water partition coefficient (Wildman–Crippen LogP) is 0.546. The molecule has 1 amide bonds. The number of amides is 1. The third-order valence-corrected chi connectivity index (χ3v) is 11.4. The van der Waals surface area contributed by atoms with Crippen LogP contribution < -0.4 is 5.73 Å². The molecule has 0 radical (unpaired) electrons. The lowest BCUT2D eigenvalue weighted by molar-refractivity contribution is -0.165. The van der Waals surface area contributed by atoms with E-state index in [0.29, 0.717) is 7.11 Å². The molecule has 0 aromatic rings. The van der Waals surface area contributed by atoms with Gasteiger partial charge in [-0.3, -0.25) is 14.4 Å². The van der Waals surface area contributed by atoms with Crippen molar-refractivity contribution in [1.29, 1.82) is 0 Å². The summed E-state index contributed by atoms with van der Waals surface area (Å²) < 4.78 is 50.2. The van der Waals surface area contributed by atoms with E-state index in [4.69, 9.17) is 15.0 Å². The van der Waals surface area contributed by atoms with Crippen molar-refractivity contribution >= 4 is 25.8 Å². The minimum Gasteiger partial charge on any atom is -0.481 e. The summed E-state index contributed by atoms with van der Waals surface area (Å²) in [5.41, 5.74) is 5.16. The highest BCUT2D eigenvalue weighted by atomic mass is 32.4. The van der Waals surface area contributed by atoms with E-state index in [1.54, 1.807) is 0 Å². The van der Waals surface area contributed by atoms with Gasteiger partial charge in [-0.1, -0.05) is 8.58 Å². The first-order valence-corrected chi connectivity index (χ1v) is 9.19. The van der Waals surface area contributed by atoms with E-state index in [1.165, 1.54) is 0 Å². The molecule has 0 heterocycles. The molecule has 0 saturated heterocycles. The van der Waals surface area contributed by atoms with Gasteiger partial charge in [0.05, 0.1) is 18.3 Å². The number of carbonyl (C=O) groups excluding carboxylic acids is 1. The minimum atomic E-state index is -6.42. The summed E-state index contributed by atoms with van der Waals surface area (Å²) in [5.74, 6) is -8.55. The molecule has 0 saturated carbocycles. The number of rotatable bonds is 9. The van der Waals surface area contributed by atoms with Crippen LogP contribution in [-0.2, 0) is 18.5 Å². The zero-order chi connectivity index (χ0) is 19.5. The molecule has 0 aliphatic heterocycles. The van der Waals surface area contributed by atoms with Gasteiger partial charge in [0.15, 0.2) is 5.25 Å². The molecule has 0 fully saturated rings. The Bertz CT molecular complexity index is 548. The van der Waals surface area contributed by atoms with Gasteiger partial charge < -0.3 is 30.0 Å². The van der Waals surface area contributed by atoms with E-state index in [0.717, 1.165) is 7.11 Å². The van der Waals surface area contributed by atoms with Crippen LogP contribution in [0.1, 0.15) is 6.42 Å². The molecule has 1 unspecified atom stereocenters. The Kier molecular flexibility index (Phi) is 5.97. The average molecular weight is 383 g/mol. The standard InChI is InChI=1S/C11H20F3NO8S/c1-22-6-24(5-16,23-2,10(15)21,4-3-7(17)18)8(9(19)20)11(12,13)14/h8,16H,3-6H2,1-2H3,(H2,15,21)(H,17,18)(H,19,20). The van der Waals surface area contributed by atoms with Crippen molar-refractivity contribution in [3.63, 3.8) is 0 Å². The lowest BCUT2D eigenvalue weighted by atomic mass is 10.4. The molecule has 144 valence electrons. The number of hydrogen-bond acceptors (Lipinski definition) is 6. The van der Waals surface area contributed by atoms with Crippen LogP contribution in [0.5, 0.6) is 0 Å². The predicted molar refractivity (Wildman–Crippen MR) is 77.7 cm³/mol. The summed E-state index contributed by atoms with van der Waals surface area (Å²) in [6.07, 6.45) is -6.69. The maximum absolute atomic E-state index is 13.6. The van der Waals surface area contributed by atoms with E-state index in [2.05, 4.69) is 4.74 Å². The van der Waals surface area contributed by atoms with Gasteiger partial charge in [-0.05, 0) is 0 Å². The zero-order valence-electron chi connectivity index (χ0n) is 12.9. The molecule has 13 heteroatoms. The summed E-state index contributed by atoms with van der Waals surface area (Å²) >= 11 is 0. The summed E-state index contributed by atoms with van der Waals surface area (Å²) in [7, 11) is -5.00. The lowest BCUT2D eigenvalue weighted by Gasteiger charge is -2.74. The maximum Gasteiger partial charge on any atom is 0.410 e. The van der Waals surface area contributed by atoms with Gasteiger partial charge in [0, 0.05) is 20.0 Å². The number of hydrogen-bond donors (Lipinski definition) is 4. The van der Waals surface area contributed by atoms with Crippen molar-refractivity contribution in [2.45, 2.75) is 17.8 Å². The van der Waals surface area contributed by atoms with Crippen molar-refractivity contribution in [3.05, 3.63) is 0 Å². The van der Waals surface area contributed by atoms with Crippen molar-refractivity contribution in [2.75, 3.05) is 31.9 Å². The maximum atomic E-state index is 13.6. The fourth-order valence-electron chi connectivity index (χ4n) is 2.70. The average Bonchev–Trinajstić information content (AvgIpc) is 2.43. The van der Waals surface area contributed by atoms with Crippen LogP contribution in [0.4, 0.5) is 18.0 Å². The largest absolute Gasteiger partial charge is 0.481 e. The van der Waals surface area contributed by atoms with E-state index in [1.807, 2.05) is 0 Å². The van der Waals surface area contributed by atoms with Gasteiger partial charge in [-0.15, -0.1) is 0 Å². The molecule has 0 bridgehead atoms. The van der Waals surface area contributed by atoms with Crippen LogP contribution in [0.25, 0.3) is 0 Å². The van der Waals surface area contributed by atoms with Crippen LogP contribution in [0, 0.1) is 0 Å². The normalized spacial score (nSPS) is 16.8. The molecular weight excluding hydrogens is 363 g/mol. The third-order valence-electron chi connectivity index (χ3n) is 4.14. The summed E-state index contributed by atoms with van der Waals surface area (Å²) in [4.78, 5) is 34.6. The monoisotopic (exact) mass is 383 g/mol. The van der Waals surface area contributed by atoms with Crippen molar-refractivity contribution < 1.29 is 51.8 Å². The Morgan fingerprint density at radius 1 is 1.21 bits per heavy atom. The van der Waals surface area contributed by atoms with Gasteiger partial charge in [-0.25, -0.2) is 0 Å². The summed E-state index contributed by atoms with van der Waals surface area (Å²) in [6, 6.07) is 0. The molecule has 0 spiro atoms. The van der Waals surface area contributed by atoms with E-state index >= 15 is 0 Å². The summed E-state index contributed by atoms with van der Waals surface area (Å²) in [6.45, 7) is 0. The smallest absolute Gasteiger partial charge is 0.410 e. The van der Waals surface area contributed by atoms with Gasteiger partial charge >= 0.3 is 18.1 Å². The number of primary amides is 1. The molecule has 24 heavy (non-hydrogen) atoms. The SMILES string of the molecule is COCS(CO)(CCC(=O)O)(OC)(C(N)=O)C(C(=O)O)C(F)(F)F. The molecular formula is C11H20F3NO8S. The van der Waals surface area contributed by atoms with Crippen molar-refractivity contribution in [1.82, 2.24) is 0 Å². The second kappa shape index (κ2) is 6.38. The number of carboxylic acid groups (broad SMARTS) is 2. The number of ether oxygens (including phenoxy) is 1. The number of methoxy groups -OCH3 is 1. The van der Waals surface area contributed by atoms with E-state index in [-0.39, 0.29) is 0 Å². The molecule has 1 atom stereocenters. The van der Waals surface area contributed by atoms with E-state index < -0.39 is 61.2 Å². The molecule has 5 N–H and O–H groups in total. The number of halogens is 3. The fourth-order valence-corrected chi connectivity index (χ4v) is 7.81. The lowest BCUT2D eigenvalue weighted by Crippen LogP contribution is -2.68. The first kappa shape index (κ1) is 22.4. The molecule has 9 nitrogen and oxygen atoms in total. The van der Waals surface area contributed by atoms with Gasteiger partial charge in [0.1, 0.15) is 0 Å². The first-order valence-electron chi connectivity index (χ1n) is 6.24. The zero-order valence-corrected chi connectivity index (χ0v) is 13.7. The molecule has 0 aliphatic carbocycles. The first-order chi connectivity index (χ1) is 10.7. The molecule has 0 rings (SSSR count). The quantitative estimate of drug-likeness (QED) is 0.449. The molecule has 0 aromatic carbocycles. The second-order valence-corrected chi connectivity index (χ2v) is 11.8. The number of nitrogens with two attached hydrogens (primary N) is 1. The molecule has 0 aromatic heterocycles. The number of alkyl halides is 3. The van der Waals surface area contributed by atoms with Crippen LogP contribution in [0.3, 0.4) is 0 Å². The number of aliphatic hydroxyl groups is 1. The number of aliphatic hydroxyl groups excluding tert-OH is 1. The minimum absolute atomic E-state index is 0.574. The molecule has 0 aliphatic rings. The Balaban J connectivity index is 7.25.